The number of nitrogens with zero attached hydrogens (tertiary/aromatic N) is 2. The van der Waals surface area contributed by atoms with Crippen LogP contribution in [0.2, 0.25) is 0 Å². The van der Waals surface area contributed by atoms with Crippen LogP contribution >= 0.6 is 0 Å². The average Bonchev–Trinajstić information content (AvgIpc) is 2.97. The lowest BCUT2D eigenvalue weighted by molar-refractivity contribution is 0.0937. The number of aromatic amines is 1. The first-order chi connectivity index (χ1) is 8.29. The average molecular weight is 236 g/mol. The van der Waals surface area contributed by atoms with Crippen LogP contribution in [0.4, 0.5) is 0 Å². The molecule has 5 heteroatoms. The maximum absolute atomic E-state index is 11.8. The third-order valence-corrected chi connectivity index (χ3v) is 3.25. The first-order valence-electron chi connectivity index (χ1n) is 6.49. The number of H-pyrrole nitrogens is 1. The molecule has 1 amide bonds. The van der Waals surface area contributed by atoms with E-state index < -0.39 is 0 Å². The molecule has 0 atom stereocenters. The third-order valence-electron chi connectivity index (χ3n) is 3.25. The highest BCUT2D eigenvalue weighted by Crippen LogP contribution is 2.23. The van der Waals surface area contributed by atoms with Crippen LogP contribution in [0.1, 0.15) is 55.5 Å². The van der Waals surface area contributed by atoms with Gasteiger partial charge < -0.3 is 5.32 Å². The Morgan fingerprint density at radius 1 is 1.47 bits per heavy atom. The molecule has 5 nitrogen and oxygen atoms in total. The molecule has 1 fully saturated rings. The van der Waals surface area contributed by atoms with Gasteiger partial charge in [-0.05, 0) is 25.2 Å². The highest BCUT2D eigenvalue weighted by molar-refractivity contribution is 5.90. The maximum Gasteiger partial charge on any atom is 0.290 e. The van der Waals surface area contributed by atoms with Gasteiger partial charge in [-0.3, -0.25) is 9.89 Å². The van der Waals surface area contributed by atoms with Gasteiger partial charge in [-0.15, -0.1) is 5.10 Å². The van der Waals surface area contributed by atoms with Crippen LogP contribution in [0.3, 0.4) is 0 Å². The van der Waals surface area contributed by atoms with Gasteiger partial charge in [0.2, 0.25) is 5.82 Å². The second kappa shape index (κ2) is 5.80. The topological polar surface area (TPSA) is 70.7 Å². The second-order valence-corrected chi connectivity index (χ2v) is 4.72. The van der Waals surface area contributed by atoms with Crippen molar-refractivity contribution in [2.24, 2.45) is 5.92 Å². The second-order valence-electron chi connectivity index (χ2n) is 4.72. The Hall–Kier alpha value is -1.39. The van der Waals surface area contributed by atoms with E-state index in [0.717, 1.165) is 25.2 Å². The van der Waals surface area contributed by atoms with Gasteiger partial charge in [-0.2, -0.15) is 0 Å². The van der Waals surface area contributed by atoms with Gasteiger partial charge in [0.25, 0.3) is 5.91 Å². The predicted molar refractivity (Wildman–Crippen MR) is 64.7 cm³/mol. The fraction of sp³-hybridized carbons (Fsp3) is 0.750. The number of rotatable bonds is 5. The molecule has 1 heterocycles. The Bertz CT molecular complexity index is 368. The summed E-state index contributed by atoms with van der Waals surface area (Å²) in [6, 6.07) is 0. The summed E-state index contributed by atoms with van der Waals surface area (Å²) in [6.45, 7) is 2.83. The van der Waals surface area contributed by atoms with E-state index in [9.17, 15) is 4.79 Å². The van der Waals surface area contributed by atoms with Crippen molar-refractivity contribution in [2.75, 3.05) is 6.54 Å². The summed E-state index contributed by atoms with van der Waals surface area (Å²) in [7, 11) is 0. The number of aromatic nitrogens is 3. The van der Waals surface area contributed by atoms with Gasteiger partial charge in [0.1, 0.15) is 5.82 Å². The highest BCUT2D eigenvalue weighted by Gasteiger charge is 2.17. The molecule has 1 aliphatic carbocycles. The first kappa shape index (κ1) is 12.1. The quantitative estimate of drug-likeness (QED) is 0.817. The molecule has 0 aliphatic heterocycles. The number of amides is 1. The van der Waals surface area contributed by atoms with E-state index in [-0.39, 0.29) is 11.7 Å². The molecule has 1 aliphatic rings. The van der Waals surface area contributed by atoms with Gasteiger partial charge in [0, 0.05) is 13.0 Å². The third kappa shape index (κ3) is 3.28. The van der Waals surface area contributed by atoms with Crippen molar-refractivity contribution in [3.8, 4) is 0 Å². The molecule has 0 unspecified atom stereocenters. The summed E-state index contributed by atoms with van der Waals surface area (Å²) in [5.41, 5.74) is 0. The molecule has 1 saturated carbocycles. The monoisotopic (exact) mass is 236 g/mol. The molecule has 0 aromatic carbocycles. The van der Waals surface area contributed by atoms with Gasteiger partial charge in [-0.25, -0.2) is 4.98 Å². The minimum atomic E-state index is -0.157. The molecule has 1 aromatic heterocycles. The lowest BCUT2D eigenvalue weighted by Crippen LogP contribution is -2.29. The number of hydrogen-bond acceptors (Lipinski definition) is 3. The molecule has 2 N–H and O–H groups in total. The normalized spacial score (nSPS) is 16.3. The van der Waals surface area contributed by atoms with Gasteiger partial charge in [-0.1, -0.05) is 19.8 Å². The zero-order valence-electron chi connectivity index (χ0n) is 10.3. The van der Waals surface area contributed by atoms with Crippen LogP contribution in [0.5, 0.6) is 0 Å². The smallest absolute Gasteiger partial charge is 0.290 e. The van der Waals surface area contributed by atoms with Gasteiger partial charge in [0.05, 0.1) is 0 Å². The maximum atomic E-state index is 11.8. The van der Waals surface area contributed by atoms with Crippen LogP contribution in [0.15, 0.2) is 0 Å². The lowest BCUT2D eigenvalue weighted by atomic mass is 10.1. The molecule has 94 valence electrons. The predicted octanol–water partition coefficient (Wildman–Crippen LogP) is 1.68. The van der Waals surface area contributed by atoms with Crippen molar-refractivity contribution >= 4 is 5.91 Å². The SMILES string of the molecule is CCCc1nc(C(=O)NCC2CCCC2)n[nH]1. The Labute approximate surface area is 101 Å². The van der Waals surface area contributed by atoms with E-state index in [4.69, 9.17) is 0 Å². The molecule has 0 bridgehead atoms. The fourth-order valence-electron chi connectivity index (χ4n) is 2.28. The standard InChI is InChI=1S/C12H20N4O/c1-2-5-10-14-11(16-15-10)12(17)13-8-9-6-3-4-7-9/h9H,2-8H2,1H3,(H,13,17)(H,14,15,16). The van der Waals surface area contributed by atoms with Gasteiger partial charge in [0.15, 0.2) is 0 Å². The number of nitrogens with one attached hydrogen (secondary N) is 2. The van der Waals surface area contributed by atoms with Crippen LogP contribution < -0.4 is 5.32 Å². The molecular formula is C12H20N4O. The van der Waals surface area contributed by atoms with Crippen molar-refractivity contribution in [3.63, 3.8) is 0 Å². The summed E-state index contributed by atoms with van der Waals surface area (Å²) in [5.74, 6) is 1.55. The largest absolute Gasteiger partial charge is 0.349 e. The first-order valence-corrected chi connectivity index (χ1v) is 6.49. The number of aryl methyl sites for hydroxylation is 1. The van der Waals surface area contributed by atoms with Crippen molar-refractivity contribution in [1.29, 1.82) is 0 Å². The zero-order valence-corrected chi connectivity index (χ0v) is 10.3. The summed E-state index contributed by atoms with van der Waals surface area (Å²) in [5, 5.41) is 9.64. The number of carbonyl (C=O) groups is 1. The molecule has 0 radical (unpaired) electrons. The van der Waals surface area contributed by atoms with Crippen LogP contribution in [0.25, 0.3) is 0 Å². The van der Waals surface area contributed by atoms with E-state index in [1.54, 1.807) is 0 Å². The van der Waals surface area contributed by atoms with Gasteiger partial charge >= 0.3 is 0 Å². The van der Waals surface area contributed by atoms with Crippen molar-refractivity contribution < 1.29 is 4.79 Å². The Morgan fingerprint density at radius 3 is 2.94 bits per heavy atom. The van der Waals surface area contributed by atoms with Crippen LogP contribution in [-0.2, 0) is 6.42 Å². The minimum Gasteiger partial charge on any atom is -0.349 e. The number of carbonyl (C=O) groups excluding carboxylic acids is 1. The Balaban J connectivity index is 1.81. The summed E-state index contributed by atoms with van der Waals surface area (Å²) < 4.78 is 0. The minimum absolute atomic E-state index is 0.157. The van der Waals surface area contributed by atoms with Crippen molar-refractivity contribution in [1.82, 2.24) is 20.5 Å². The highest BCUT2D eigenvalue weighted by atomic mass is 16.2. The van der Waals surface area contributed by atoms with E-state index >= 15 is 0 Å². The zero-order chi connectivity index (χ0) is 12.1. The number of hydrogen-bond donors (Lipinski definition) is 2. The molecule has 17 heavy (non-hydrogen) atoms. The van der Waals surface area contributed by atoms with E-state index in [0.29, 0.717) is 5.92 Å². The van der Waals surface area contributed by atoms with Crippen LogP contribution in [-0.4, -0.2) is 27.6 Å². The van der Waals surface area contributed by atoms with Crippen molar-refractivity contribution in [2.45, 2.75) is 45.4 Å². The summed E-state index contributed by atoms with van der Waals surface area (Å²) in [6.07, 6.45) is 6.88. The van der Waals surface area contributed by atoms with E-state index in [1.165, 1.54) is 25.7 Å². The van der Waals surface area contributed by atoms with E-state index in [1.807, 2.05) is 0 Å². The fourth-order valence-corrected chi connectivity index (χ4v) is 2.28. The summed E-state index contributed by atoms with van der Waals surface area (Å²) >= 11 is 0. The molecular weight excluding hydrogens is 216 g/mol. The Kier molecular flexibility index (Phi) is 4.12. The molecule has 0 saturated heterocycles. The Morgan fingerprint density at radius 2 is 2.24 bits per heavy atom. The molecule has 0 spiro atoms. The van der Waals surface area contributed by atoms with Crippen molar-refractivity contribution in [3.05, 3.63) is 11.6 Å². The van der Waals surface area contributed by atoms with Crippen LogP contribution in [0, 0.1) is 5.92 Å². The lowest BCUT2D eigenvalue weighted by Gasteiger charge is -2.08. The summed E-state index contributed by atoms with van der Waals surface area (Å²) in [4.78, 5) is 15.9. The van der Waals surface area contributed by atoms with E-state index in [2.05, 4.69) is 27.4 Å². The molecule has 1 aromatic rings. The molecule has 2 rings (SSSR count).